The Hall–Kier alpha value is 1.08. The Bertz CT molecular complexity index is 90.2. The number of hydrogen-bond acceptors (Lipinski definition) is 0. The minimum absolute atomic E-state index is 0.319. The van der Waals surface area contributed by atoms with Crippen molar-refractivity contribution in [2.75, 3.05) is 12.5 Å². The van der Waals surface area contributed by atoms with E-state index in [1.165, 1.54) is 25.7 Å². The lowest BCUT2D eigenvalue weighted by molar-refractivity contribution is 0.670. The topological polar surface area (TPSA) is 0 Å². The molecule has 0 aromatic carbocycles. The summed E-state index contributed by atoms with van der Waals surface area (Å²) in [5.74, 6) is 0. The summed E-state index contributed by atoms with van der Waals surface area (Å²) in [6.07, 6.45) is 10.4. The fraction of sp³-hybridized carbons (Fsp3) is 1.00. The third-order valence-corrected chi connectivity index (χ3v) is 6.23. The quantitative estimate of drug-likeness (QED) is 0.659. The Labute approximate surface area is 85.4 Å². The van der Waals surface area contributed by atoms with Crippen molar-refractivity contribution in [3.05, 3.63) is 0 Å². The summed E-state index contributed by atoms with van der Waals surface area (Å²) in [6.45, 7) is 4.59. The Balaban J connectivity index is 3.88. The van der Waals surface area contributed by atoms with Gasteiger partial charge < -0.3 is 0 Å². The molecule has 0 radical (unpaired) electrons. The summed E-state index contributed by atoms with van der Waals surface area (Å²) in [5.41, 5.74) is 0. The van der Waals surface area contributed by atoms with Crippen LogP contribution in [0.3, 0.4) is 0 Å². The zero-order valence-corrected chi connectivity index (χ0v) is 11.2. The summed E-state index contributed by atoms with van der Waals surface area (Å²) in [6, 6.07) is 0. The van der Waals surface area contributed by atoms with Crippen LogP contribution in [0, 0.1) is 0 Å². The molecule has 0 nitrogen and oxygen atoms in total. The maximum Gasteiger partial charge on any atom is -0.00342 e. The van der Waals surface area contributed by atoms with Crippen LogP contribution in [0.25, 0.3) is 0 Å². The molecule has 0 aliphatic carbocycles. The SMILES string of the molecule is CCCC(CCC)S(C)(C)I. The molecule has 2 heteroatoms. The highest BCUT2D eigenvalue weighted by molar-refractivity contribution is 14.2. The molecule has 0 aromatic heterocycles. The molecule has 0 amide bonds. The highest BCUT2D eigenvalue weighted by Crippen LogP contribution is 2.56. The van der Waals surface area contributed by atoms with Crippen molar-refractivity contribution in [3.8, 4) is 0 Å². The van der Waals surface area contributed by atoms with Crippen LogP contribution in [0.1, 0.15) is 39.5 Å². The van der Waals surface area contributed by atoms with Crippen molar-refractivity contribution in [3.63, 3.8) is 0 Å². The van der Waals surface area contributed by atoms with Gasteiger partial charge in [0.15, 0.2) is 0 Å². The van der Waals surface area contributed by atoms with Gasteiger partial charge in [0.2, 0.25) is 0 Å². The average molecular weight is 288 g/mol. The van der Waals surface area contributed by atoms with Crippen molar-refractivity contribution >= 4 is 28.4 Å². The fourth-order valence-corrected chi connectivity index (χ4v) is 4.47. The van der Waals surface area contributed by atoms with Gasteiger partial charge in [0, 0.05) is 0 Å². The van der Waals surface area contributed by atoms with E-state index in [0.29, 0.717) is 0 Å². The lowest BCUT2D eigenvalue weighted by atomic mass is 10.2. The number of rotatable bonds is 5. The second-order valence-corrected chi connectivity index (χ2v) is 13.5. The first-order valence-corrected chi connectivity index (χ1v) is 9.49. The summed E-state index contributed by atoms with van der Waals surface area (Å²) >= 11 is 2.67. The van der Waals surface area contributed by atoms with E-state index in [2.05, 4.69) is 47.6 Å². The van der Waals surface area contributed by atoms with Crippen molar-refractivity contribution in [1.29, 1.82) is 0 Å². The van der Waals surface area contributed by atoms with E-state index in [1.807, 2.05) is 0 Å². The molecular formula is C9H21IS. The van der Waals surface area contributed by atoms with E-state index in [9.17, 15) is 0 Å². The summed E-state index contributed by atoms with van der Waals surface area (Å²) in [4.78, 5) is 0. The van der Waals surface area contributed by atoms with Crippen LogP contribution in [-0.2, 0) is 0 Å². The smallest absolute Gasteiger partial charge is 0.00342 e. The van der Waals surface area contributed by atoms with Crippen molar-refractivity contribution in [2.24, 2.45) is 0 Å². The number of hydrogen-bond donors (Lipinski definition) is 0. The molecular weight excluding hydrogens is 267 g/mol. The molecule has 0 saturated heterocycles. The van der Waals surface area contributed by atoms with E-state index in [1.54, 1.807) is 0 Å². The molecule has 0 aliphatic rings. The van der Waals surface area contributed by atoms with Gasteiger partial charge in [-0.05, 0) is 51.8 Å². The monoisotopic (exact) mass is 288 g/mol. The van der Waals surface area contributed by atoms with Gasteiger partial charge in [-0.15, -0.1) is 0 Å². The first kappa shape index (κ1) is 12.1. The molecule has 0 spiro atoms. The molecule has 0 aliphatic heterocycles. The second kappa shape index (κ2) is 5.68. The molecule has 0 aromatic rings. The normalized spacial score (nSPS) is 14.0. The molecule has 0 bridgehead atoms. The van der Waals surface area contributed by atoms with E-state index in [-0.39, 0.29) is 7.20 Å². The Morgan fingerprint density at radius 3 is 1.64 bits per heavy atom. The van der Waals surface area contributed by atoms with Gasteiger partial charge in [0.1, 0.15) is 0 Å². The predicted octanol–water partition coefficient (Wildman–Crippen LogP) is 4.37. The van der Waals surface area contributed by atoms with Gasteiger partial charge >= 0.3 is 0 Å². The molecule has 0 atom stereocenters. The summed E-state index contributed by atoms with van der Waals surface area (Å²) in [7, 11) is -0.319. The van der Waals surface area contributed by atoms with Crippen molar-refractivity contribution in [2.45, 2.75) is 44.8 Å². The fourth-order valence-electron chi connectivity index (χ4n) is 1.35. The molecule has 0 rings (SSSR count). The summed E-state index contributed by atoms with van der Waals surface area (Å²) in [5, 5.41) is 0.998. The minimum Gasteiger partial charge on any atom is -0.190 e. The lowest BCUT2D eigenvalue weighted by Gasteiger charge is -2.33. The molecule has 0 heterocycles. The maximum absolute atomic E-state index is 2.67. The molecule has 70 valence electrons. The van der Waals surface area contributed by atoms with Crippen LogP contribution in [0.5, 0.6) is 0 Å². The van der Waals surface area contributed by atoms with Gasteiger partial charge in [0.25, 0.3) is 0 Å². The molecule has 0 N–H and O–H groups in total. The zero-order valence-electron chi connectivity index (χ0n) is 8.19. The van der Waals surface area contributed by atoms with Crippen LogP contribution in [0.4, 0.5) is 0 Å². The molecule has 11 heavy (non-hydrogen) atoms. The van der Waals surface area contributed by atoms with Gasteiger partial charge in [0.05, 0.1) is 0 Å². The van der Waals surface area contributed by atoms with Gasteiger partial charge in [-0.3, -0.25) is 0 Å². The Morgan fingerprint density at radius 1 is 1.09 bits per heavy atom. The van der Waals surface area contributed by atoms with E-state index >= 15 is 0 Å². The van der Waals surface area contributed by atoms with Gasteiger partial charge in [-0.2, -0.15) is 7.20 Å². The first-order chi connectivity index (χ1) is 5.02. The van der Waals surface area contributed by atoms with Gasteiger partial charge in [-0.1, -0.05) is 26.7 Å². The van der Waals surface area contributed by atoms with Crippen LogP contribution in [-0.4, -0.2) is 17.8 Å². The van der Waals surface area contributed by atoms with Crippen molar-refractivity contribution < 1.29 is 0 Å². The number of halogens is 1. The van der Waals surface area contributed by atoms with E-state index < -0.39 is 0 Å². The average Bonchev–Trinajstić information content (AvgIpc) is 1.85. The predicted molar refractivity (Wildman–Crippen MR) is 67.1 cm³/mol. The largest absolute Gasteiger partial charge is 0.190 e. The zero-order chi connectivity index (χ0) is 8.91. The molecule has 0 unspecified atom stereocenters. The Kier molecular flexibility index (Phi) is 6.24. The van der Waals surface area contributed by atoms with E-state index in [0.717, 1.165) is 5.25 Å². The Morgan fingerprint density at radius 2 is 1.45 bits per heavy atom. The lowest BCUT2D eigenvalue weighted by Crippen LogP contribution is -2.11. The van der Waals surface area contributed by atoms with E-state index in [4.69, 9.17) is 0 Å². The highest BCUT2D eigenvalue weighted by Gasteiger charge is 2.19. The van der Waals surface area contributed by atoms with Crippen LogP contribution in [0.2, 0.25) is 0 Å². The third-order valence-electron chi connectivity index (χ3n) is 2.01. The highest BCUT2D eigenvalue weighted by atomic mass is 127. The first-order valence-electron chi connectivity index (χ1n) is 4.44. The van der Waals surface area contributed by atoms with Crippen LogP contribution < -0.4 is 0 Å². The minimum atomic E-state index is -0.319. The summed E-state index contributed by atoms with van der Waals surface area (Å²) < 4.78 is 0. The molecule has 0 fully saturated rings. The standard InChI is InChI=1S/C9H21IS/c1-5-7-9(8-6-2)11(3,4)10/h9H,5-8H2,1-4H3. The maximum atomic E-state index is 2.67. The molecule has 0 saturated carbocycles. The second-order valence-electron chi connectivity index (χ2n) is 3.48. The van der Waals surface area contributed by atoms with Crippen LogP contribution >= 0.6 is 28.4 Å². The van der Waals surface area contributed by atoms with Crippen LogP contribution in [0.15, 0.2) is 0 Å². The third kappa shape index (κ3) is 5.34. The van der Waals surface area contributed by atoms with Gasteiger partial charge in [-0.25, -0.2) is 0 Å². The van der Waals surface area contributed by atoms with Crippen molar-refractivity contribution in [1.82, 2.24) is 0 Å².